The van der Waals surface area contributed by atoms with Crippen LogP contribution in [0, 0.1) is 27.2 Å². The Bertz CT molecular complexity index is 863. The molecular weight excluding hydrogens is 330 g/mol. The maximum atomic E-state index is 12.4. The number of non-ortho nitro benzene ring substituents is 1. The van der Waals surface area contributed by atoms with Crippen LogP contribution in [0.3, 0.4) is 0 Å². The molecule has 2 aromatic rings. The van der Waals surface area contributed by atoms with Gasteiger partial charge < -0.3 is 9.64 Å². The van der Waals surface area contributed by atoms with Gasteiger partial charge in [-0.15, -0.1) is 0 Å². The maximum absolute atomic E-state index is 12.4. The number of aryl methyl sites for hydroxylation is 1. The Labute approximate surface area is 142 Å². The molecule has 2 rings (SSSR count). The molecule has 0 unspecified atom stereocenters. The van der Waals surface area contributed by atoms with Crippen LogP contribution in [0.15, 0.2) is 36.4 Å². The summed E-state index contributed by atoms with van der Waals surface area (Å²) in [6, 6.07) is 7.78. The Morgan fingerprint density at radius 2 is 1.72 bits per heavy atom. The van der Waals surface area contributed by atoms with E-state index in [4.69, 9.17) is 4.74 Å². The zero-order valence-corrected chi connectivity index (χ0v) is 13.8. The number of esters is 1. The number of anilines is 1. The average molecular weight is 345 g/mol. The quantitative estimate of drug-likeness (QED) is 0.354. The van der Waals surface area contributed by atoms with Crippen LogP contribution in [0.2, 0.25) is 0 Å². The number of carbonyl (C=O) groups excluding carboxylic acids is 1. The van der Waals surface area contributed by atoms with Crippen molar-refractivity contribution < 1.29 is 19.4 Å². The van der Waals surface area contributed by atoms with E-state index in [1.54, 1.807) is 19.0 Å². The number of carbonyl (C=O) groups is 1. The van der Waals surface area contributed by atoms with E-state index in [-0.39, 0.29) is 22.7 Å². The van der Waals surface area contributed by atoms with E-state index in [1.807, 2.05) is 0 Å². The second-order valence-corrected chi connectivity index (χ2v) is 5.45. The Morgan fingerprint density at radius 3 is 2.24 bits per heavy atom. The van der Waals surface area contributed by atoms with Gasteiger partial charge in [0.05, 0.1) is 21.1 Å². The number of nitro benzene ring substituents is 2. The molecule has 0 saturated carbocycles. The normalized spacial score (nSPS) is 10.2. The molecule has 0 N–H and O–H groups in total. The third-order valence-corrected chi connectivity index (χ3v) is 3.47. The van der Waals surface area contributed by atoms with E-state index in [2.05, 4.69) is 0 Å². The van der Waals surface area contributed by atoms with Gasteiger partial charge in [0.2, 0.25) is 0 Å². The smallest absolute Gasteiger partial charge is 0.345 e. The van der Waals surface area contributed by atoms with Gasteiger partial charge in [0.15, 0.2) is 0 Å². The lowest BCUT2D eigenvalue weighted by atomic mass is 10.1. The molecule has 25 heavy (non-hydrogen) atoms. The van der Waals surface area contributed by atoms with Crippen molar-refractivity contribution >= 4 is 23.0 Å². The van der Waals surface area contributed by atoms with Gasteiger partial charge in [0.25, 0.3) is 11.4 Å². The van der Waals surface area contributed by atoms with Gasteiger partial charge in [-0.3, -0.25) is 20.2 Å². The summed E-state index contributed by atoms with van der Waals surface area (Å²) < 4.78 is 5.23. The van der Waals surface area contributed by atoms with Crippen LogP contribution >= 0.6 is 0 Å². The first-order valence-electron chi connectivity index (χ1n) is 7.13. The molecule has 0 bridgehead atoms. The van der Waals surface area contributed by atoms with Crippen molar-refractivity contribution in [3.05, 3.63) is 67.8 Å². The van der Waals surface area contributed by atoms with Gasteiger partial charge in [0.1, 0.15) is 5.75 Å². The molecule has 0 radical (unpaired) electrons. The number of benzene rings is 2. The summed E-state index contributed by atoms with van der Waals surface area (Å²) in [5, 5.41) is 21.8. The highest BCUT2D eigenvalue weighted by Gasteiger charge is 2.20. The van der Waals surface area contributed by atoms with Crippen molar-refractivity contribution in [2.45, 2.75) is 6.92 Å². The Kier molecular flexibility index (Phi) is 4.97. The zero-order valence-electron chi connectivity index (χ0n) is 13.8. The number of hydrogen-bond donors (Lipinski definition) is 0. The van der Waals surface area contributed by atoms with Crippen LogP contribution in [-0.2, 0) is 0 Å². The molecule has 0 aromatic heterocycles. The maximum Gasteiger partial charge on any atom is 0.345 e. The second-order valence-electron chi connectivity index (χ2n) is 5.45. The third-order valence-electron chi connectivity index (χ3n) is 3.47. The summed E-state index contributed by atoms with van der Waals surface area (Å²) in [6.07, 6.45) is 0. The highest BCUT2D eigenvalue weighted by Crippen LogP contribution is 2.27. The average Bonchev–Trinajstić information content (AvgIpc) is 2.53. The van der Waals surface area contributed by atoms with Gasteiger partial charge in [-0.25, -0.2) is 4.79 Å². The molecule has 0 spiro atoms. The predicted molar refractivity (Wildman–Crippen MR) is 90.2 cm³/mol. The largest absolute Gasteiger partial charge is 0.423 e. The lowest BCUT2D eigenvalue weighted by Gasteiger charge is -2.16. The number of hydrogen-bond acceptors (Lipinski definition) is 7. The van der Waals surface area contributed by atoms with Gasteiger partial charge in [-0.1, -0.05) is 0 Å². The van der Waals surface area contributed by atoms with Crippen molar-refractivity contribution in [3.8, 4) is 5.75 Å². The SMILES string of the molecule is Cc1cc(OC(=O)c2cc([N+](=O)[O-])ccc2N(C)C)ccc1[N+](=O)[O-]. The van der Waals surface area contributed by atoms with Crippen LogP contribution in [0.25, 0.3) is 0 Å². The molecule has 2 aromatic carbocycles. The van der Waals surface area contributed by atoms with E-state index in [1.165, 1.54) is 37.3 Å². The molecule has 0 heterocycles. The minimum absolute atomic E-state index is 0.0233. The van der Waals surface area contributed by atoms with E-state index in [9.17, 15) is 25.0 Å². The fourth-order valence-electron chi connectivity index (χ4n) is 2.25. The van der Waals surface area contributed by atoms with Crippen LogP contribution in [0.5, 0.6) is 5.75 Å². The van der Waals surface area contributed by atoms with Gasteiger partial charge in [-0.2, -0.15) is 0 Å². The molecule has 9 heteroatoms. The van der Waals surface area contributed by atoms with E-state index in [0.29, 0.717) is 11.3 Å². The Hall–Kier alpha value is -3.49. The van der Waals surface area contributed by atoms with Crippen LogP contribution < -0.4 is 9.64 Å². The van der Waals surface area contributed by atoms with E-state index in [0.717, 1.165) is 6.07 Å². The second kappa shape index (κ2) is 6.95. The Morgan fingerprint density at radius 1 is 1.04 bits per heavy atom. The molecule has 130 valence electrons. The summed E-state index contributed by atoms with van der Waals surface area (Å²) >= 11 is 0. The minimum Gasteiger partial charge on any atom is -0.423 e. The molecular formula is C16H15N3O6. The minimum atomic E-state index is -0.791. The van der Waals surface area contributed by atoms with Crippen molar-refractivity contribution in [2.24, 2.45) is 0 Å². The number of rotatable bonds is 5. The molecule has 0 amide bonds. The Balaban J connectivity index is 2.37. The summed E-state index contributed by atoms with van der Waals surface area (Å²) in [4.78, 5) is 34.7. The van der Waals surface area contributed by atoms with E-state index < -0.39 is 15.8 Å². The van der Waals surface area contributed by atoms with Gasteiger partial charge in [-0.05, 0) is 25.1 Å². The molecule has 0 atom stereocenters. The van der Waals surface area contributed by atoms with Crippen molar-refractivity contribution in [1.29, 1.82) is 0 Å². The highest BCUT2D eigenvalue weighted by atomic mass is 16.6. The molecule has 0 aliphatic rings. The number of nitro groups is 2. The molecule has 0 aliphatic heterocycles. The first-order chi connectivity index (χ1) is 11.7. The topological polar surface area (TPSA) is 116 Å². The number of ether oxygens (including phenoxy) is 1. The van der Waals surface area contributed by atoms with Crippen molar-refractivity contribution in [1.82, 2.24) is 0 Å². The third kappa shape index (κ3) is 3.89. The van der Waals surface area contributed by atoms with Crippen molar-refractivity contribution in [2.75, 3.05) is 19.0 Å². The van der Waals surface area contributed by atoms with Crippen molar-refractivity contribution in [3.63, 3.8) is 0 Å². The summed E-state index contributed by atoms with van der Waals surface area (Å²) in [7, 11) is 3.38. The monoisotopic (exact) mass is 345 g/mol. The van der Waals surface area contributed by atoms with Gasteiger partial charge >= 0.3 is 5.97 Å². The van der Waals surface area contributed by atoms with Crippen LogP contribution in [0.1, 0.15) is 15.9 Å². The summed E-state index contributed by atoms with van der Waals surface area (Å²) in [6.45, 7) is 1.52. The van der Waals surface area contributed by atoms with Gasteiger partial charge in [0, 0.05) is 37.9 Å². The molecule has 0 saturated heterocycles. The zero-order chi connectivity index (χ0) is 18.7. The highest BCUT2D eigenvalue weighted by molar-refractivity contribution is 5.98. The lowest BCUT2D eigenvalue weighted by molar-refractivity contribution is -0.385. The fraction of sp³-hybridized carbons (Fsp3) is 0.188. The first kappa shape index (κ1) is 17.9. The van der Waals surface area contributed by atoms with E-state index >= 15 is 0 Å². The van der Waals surface area contributed by atoms with Crippen LogP contribution in [0.4, 0.5) is 17.1 Å². The van der Waals surface area contributed by atoms with Crippen LogP contribution in [-0.4, -0.2) is 29.9 Å². The number of nitrogens with zero attached hydrogens (tertiary/aromatic N) is 3. The fourth-order valence-corrected chi connectivity index (χ4v) is 2.25. The predicted octanol–water partition coefficient (Wildman–Crippen LogP) is 3.10. The molecule has 0 aliphatic carbocycles. The first-order valence-corrected chi connectivity index (χ1v) is 7.13. The lowest BCUT2D eigenvalue weighted by Crippen LogP contribution is -2.17. The molecule has 9 nitrogen and oxygen atoms in total. The standard InChI is InChI=1S/C16H15N3O6/c1-10-8-12(5-7-14(10)19(23)24)25-16(20)13-9-11(18(21)22)4-6-15(13)17(2)3/h4-9H,1-3H3. The molecule has 0 fully saturated rings. The summed E-state index contributed by atoms with van der Waals surface area (Å²) in [5.74, 6) is -0.676. The summed E-state index contributed by atoms with van der Waals surface area (Å²) in [5.41, 5.74) is 0.480.